The van der Waals surface area contributed by atoms with Crippen LogP contribution in [0.3, 0.4) is 0 Å². The van der Waals surface area contributed by atoms with Crippen molar-refractivity contribution in [2.24, 2.45) is 0 Å². The lowest BCUT2D eigenvalue weighted by Gasteiger charge is -1.89. The van der Waals surface area contributed by atoms with Crippen molar-refractivity contribution < 1.29 is 9.59 Å². The second-order valence-corrected chi connectivity index (χ2v) is 4.07. The highest BCUT2D eigenvalue weighted by atomic mass is 32.1. The first-order valence-electron chi connectivity index (χ1n) is 4.95. The summed E-state index contributed by atoms with van der Waals surface area (Å²) in [5, 5.41) is 3.40. The van der Waals surface area contributed by atoms with Crippen LogP contribution in [0.2, 0.25) is 0 Å². The molecule has 82 valence electrons. The minimum absolute atomic E-state index is 0.405. The molecule has 0 amide bonds. The number of rotatable bonds is 2. The van der Waals surface area contributed by atoms with Gasteiger partial charge in [-0.1, -0.05) is 24.1 Å². The molecule has 0 fully saturated rings. The minimum atomic E-state index is -0.674. The number of hydrogen-bond donors (Lipinski definition) is 0. The van der Waals surface area contributed by atoms with Crippen molar-refractivity contribution in [3.63, 3.8) is 0 Å². The molecule has 2 rings (SSSR count). The van der Waals surface area contributed by atoms with Gasteiger partial charge in [-0.05, 0) is 29.5 Å². The number of hydrogen-bond acceptors (Lipinski definition) is 3. The molecule has 17 heavy (non-hydrogen) atoms. The molecule has 0 aliphatic carbocycles. The Kier molecular flexibility index (Phi) is 3.49. The number of Topliss-reactive ketones (excluding diaryl/α,β-unsaturated/α-hetero) is 2. The molecule has 0 spiro atoms. The topological polar surface area (TPSA) is 34.1 Å². The van der Waals surface area contributed by atoms with E-state index in [2.05, 4.69) is 11.8 Å². The molecule has 0 saturated heterocycles. The van der Waals surface area contributed by atoms with Gasteiger partial charge in [0.25, 0.3) is 5.78 Å². The van der Waals surface area contributed by atoms with Crippen molar-refractivity contribution >= 4 is 22.9 Å². The summed E-state index contributed by atoms with van der Waals surface area (Å²) < 4.78 is 0. The summed E-state index contributed by atoms with van der Waals surface area (Å²) in [4.78, 5) is 23.1. The molecule has 0 aliphatic heterocycles. The molecule has 2 nitrogen and oxygen atoms in total. The molecule has 1 heterocycles. The van der Waals surface area contributed by atoms with E-state index in [9.17, 15) is 9.59 Å². The minimum Gasteiger partial charge on any atom is -0.284 e. The highest BCUT2D eigenvalue weighted by molar-refractivity contribution is 7.08. The lowest BCUT2D eigenvalue weighted by atomic mass is 10.1. The Morgan fingerprint density at radius 1 is 1.06 bits per heavy atom. The van der Waals surface area contributed by atoms with Crippen LogP contribution in [-0.4, -0.2) is 11.6 Å². The van der Waals surface area contributed by atoms with E-state index in [0.717, 1.165) is 5.56 Å². The van der Waals surface area contributed by atoms with Gasteiger partial charge in [-0.2, -0.15) is 11.3 Å². The first kappa shape index (κ1) is 11.3. The van der Waals surface area contributed by atoms with Gasteiger partial charge >= 0.3 is 0 Å². The van der Waals surface area contributed by atoms with Crippen molar-refractivity contribution in [3.8, 4) is 11.8 Å². The molecule has 1 aromatic carbocycles. The third-order valence-electron chi connectivity index (χ3n) is 2.08. The molecule has 0 radical (unpaired) electrons. The van der Waals surface area contributed by atoms with Crippen molar-refractivity contribution in [3.05, 3.63) is 58.3 Å². The molecule has 0 aliphatic rings. The van der Waals surface area contributed by atoms with Gasteiger partial charge in [0.05, 0.1) is 0 Å². The second-order valence-electron chi connectivity index (χ2n) is 3.29. The summed E-state index contributed by atoms with van der Waals surface area (Å²) >= 11 is 1.38. The predicted molar refractivity (Wildman–Crippen MR) is 67.0 cm³/mol. The number of carbonyl (C=O) groups excluding carboxylic acids is 2. The van der Waals surface area contributed by atoms with Gasteiger partial charge in [0, 0.05) is 16.5 Å². The van der Waals surface area contributed by atoms with E-state index in [1.165, 1.54) is 11.3 Å². The zero-order valence-electron chi connectivity index (χ0n) is 8.84. The third-order valence-corrected chi connectivity index (χ3v) is 2.77. The number of thiophene rings is 1. The average molecular weight is 240 g/mol. The first-order valence-corrected chi connectivity index (χ1v) is 5.89. The van der Waals surface area contributed by atoms with Gasteiger partial charge < -0.3 is 0 Å². The predicted octanol–water partition coefficient (Wildman–Crippen LogP) is 2.55. The van der Waals surface area contributed by atoms with E-state index < -0.39 is 11.6 Å². The van der Waals surface area contributed by atoms with Gasteiger partial charge in [-0.15, -0.1) is 0 Å². The third kappa shape index (κ3) is 2.90. The van der Waals surface area contributed by atoms with Crippen LogP contribution in [0.4, 0.5) is 0 Å². The Bertz CT molecular complexity index is 586. The fraction of sp³-hybridized carbons (Fsp3) is 0. The normalized spacial score (nSPS) is 9.18. The Morgan fingerprint density at radius 2 is 1.82 bits per heavy atom. The summed E-state index contributed by atoms with van der Waals surface area (Å²) in [6, 6.07) is 10.7. The van der Waals surface area contributed by atoms with Crippen molar-refractivity contribution in [2.75, 3.05) is 0 Å². The summed E-state index contributed by atoms with van der Waals surface area (Å²) in [6.45, 7) is 0. The molecular formula is C14H8O2S. The molecule has 0 atom stereocenters. The Morgan fingerprint density at radius 3 is 2.47 bits per heavy atom. The second kappa shape index (κ2) is 5.24. The quantitative estimate of drug-likeness (QED) is 0.459. The van der Waals surface area contributed by atoms with Gasteiger partial charge in [0.2, 0.25) is 5.78 Å². The standard InChI is InChI=1S/C14H8O2S/c15-13(14(16)12-8-9-17-10-12)7-6-11-4-2-1-3-5-11/h1-5,8-10H. The number of benzene rings is 1. The maximum absolute atomic E-state index is 11.6. The molecule has 0 saturated carbocycles. The highest BCUT2D eigenvalue weighted by Gasteiger charge is 2.13. The first-order chi connectivity index (χ1) is 8.27. The van der Waals surface area contributed by atoms with Crippen LogP contribution >= 0.6 is 11.3 Å². The van der Waals surface area contributed by atoms with Gasteiger partial charge in [-0.3, -0.25) is 9.59 Å². The van der Waals surface area contributed by atoms with E-state index in [1.54, 1.807) is 29.0 Å². The van der Waals surface area contributed by atoms with Crippen LogP contribution in [0.15, 0.2) is 47.2 Å². The molecule has 1 aromatic heterocycles. The molecule has 0 unspecified atom stereocenters. The fourth-order valence-corrected chi connectivity index (χ4v) is 1.87. The van der Waals surface area contributed by atoms with Crippen LogP contribution in [-0.2, 0) is 4.79 Å². The summed E-state index contributed by atoms with van der Waals surface area (Å²) in [5.41, 5.74) is 1.13. The van der Waals surface area contributed by atoms with Gasteiger partial charge in [0.1, 0.15) is 0 Å². The van der Waals surface area contributed by atoms with E-state index in [1.807, 2.05) is 18.2 Å². The zero-order chi connectivity index (χ0) is 12.1. The van der Waals surface area contributed by atoms with Crippen molar-refractivity contribution in [1.29, 1.82) is 0 Å². The van der Waals surface area contributed by atoms with E-state index in [4.69, 9.17) is 0 Å². The lowest BCUT2D eigenvalue weighted by molar-refractivity contribution is -0.110. The van der Waals surface area contributed by atoms with Crippen LogP contribution < -0.4 is 0 Å². The van der Waals surface area contributed by atoms with Crippen LogP contribution in [0.25, 0.3) is 0 Å². The smallest absolute Gasteiger partial charge is 0.276 e. The van der Waals surface area contributed by atoms with E-state index >= 15 is 0 Å². The maximum atomic E-state index is 11.6. The molecule has 0 N–H and O–H groups in total. The SMILES string of the molecule is O=C(C#Cc1ccccc1)C(=O)c1ccsc1. The van der Waals surface area contributed by atoms with Gasteiger partial charge in [-0.25, -0.2) is 0 Å². The zero-order valence-corrected chi connectivity index (χ0v) is 9.66. The van der Waals surface area contributed by atoms with E-state index in [-0.39, 0.29) is 0 Å². The van der Waals surface area contributed by atoms with Crippen LogP contribution in [0.5, 0.6) is 0 Å². The lowest BCUT2D eigenvalue weighted by Crippen LogP contribution is -2.10. The molecule has 2 aromatic rings. The van der Waals surface area contributed by atoms with E-state index in [0.29, 0.717) is 5.56 Å². The average Bonchev–Trinajstić information content (AvgIpc) is 2.90. The van der Waals surface area contributed by atoms with Crippen molar-refractivity contribution in [2.45, 2.75) is 0 Å². The van der Waals surface area contributed by atoms with Crippen LogP contribution in [0, 0.1) is 11.8 Å². The van der Waals surface area contributed by atoms with Crippen molar-refractivity contribution in [1.82, 2.24) is 0 Å². The number of carbonyl (C=O) groups is 2. The Hall–Kier alpha value is -2.18. The Balaban J connectivity index is 2.13. The highest BCUT2D eigenvalue weighted by Crippen LogP contribution is 2.07. The molecule has 0 bridgehead atoms. The summed E-state index contributed by atoms with van der Waals surface area (Å²) in [6.07, 6.45) is 0. The molecular weight excluding hydrogens is 232 g/mol. The summed E-state index contributed by atoms with van der Waals surface area (Å²) in [5.74, 6) is 3.80. The molecule has 3 heteroatoms. The van der Waals surface area contributed by atoms with Crippen LogP contribution in [0.1, 0.15) is 15.9 Å². The Labute approximate surface area is 103 Å². The monoisotopic (exact) mass is 240 g/mol. The summed E-state index contributed by atoms with van der Waals surface area (Å²) in [7, 11) is 0. The maximum Gasteiger partial charge on any atom is 0.276 e. The number of ketones is 2. The largest absolute Gasteiger partial charge is 0.284 e. The van der Waals surface area contributed by atoms with Gasteiger partial charge in [0.15, 0.2) is 0 Å². The fourth-order valence-electron chi connectivity index (χ4n) is 1.23.